The van der Waals surface area contributed by atoms with Crippen molar-refractivity contribution in [2.24, 2.45) is 7.05 Å². The summed E-state index contributed by atoms with van der Waals surface area (Å²) in [5.41, 5.74) is 9.29. The Hall–Kier alpha value is -2.14. The molecule has 0 fully saturated rings. The molecular weight excluding hydrogens is 286 g/mol. The highest BCUT2D eigenvalue weighted by atomic mass is 35.5. The van der Waals surface area contributed by atoms with E-state index in [1.165, 1.54) is 11.9 Å². The number of benzene rings is 1. The first-order valence-electron chi connectivity index (χ1n) is 6.72. The number of aryl methyl sites for hydroxylation is 1. The molecule has 5 nitrogen and oxygen atoms in total. The Kier molecular flexibility index (Phi) is 3.29. The van der Waals surface area contributed by atoms with Crippen LogP contribution in [0.2, 0.25) is 5.02 Å². The number of fused-ring (bicyclic) bond motifs is 1. The van der Waals surface area contributed by atoms with Crippen molar-refractivity contribution in [2.75, 3.05) is 5.73 Å². The second-order valence-corrected chi connectivity index (χ2v) is 5.73. The molecule has 3 rings (SSSR count). The number of halogens is 1. The summed E-state index contributed by atoms with van der Waals surface area (Å²) in [5, 5.41) is 6.19. The first kappa shape index (κ1) is 13.8. The van der Waals surface area contributed by atoms with Crippen LogP contribution in [0.15, 0.2) is 24.4 Å². The molecule has 0 spiro atoms. The molecular formula is C15H16ClN5. The summed E-state index contributed by atoms with van der Waals surface area (Å²) in [6, 6.07) is 6.03. The van der Waals surface area contributed by atoms with Crippen LogP contribution < -0.4 is 5.73 Å². The van der Waals surface area contributed by atoms with Gasteiger partial charge in [0.05, 0.1) is 22.4 Å². The molecule has 0 amide bonds. The van der Waals surface area contributed by atoms with Crippen molar-refractivity contribution in [2.45, 2.75) is 19.8 Å². The summed E-state index contributed by atoms with van der Waals surface area (Å²) in [5.74, 6) is 0.613. The molecule has 0 bridgehead atoms. The van der Waals surface area contributed by atoms with Gasteiger partial charge in [0.15, 0.2) is 0 Å². The van der Waals surface area contributed by atoms with E-state index < -0.39 is 0 Å². The van der Waals surface area contributed by atoms with Crippen molar-refractivity contribution in [3.05, 3.63) is 35.1 Å². The maximum atomic E-state index is 6.16. The number of nitrogens with zero attached hydrogens (tertiary/aromatic N) is 4. The van der Waals surface area contributed by atoms with Crippen molar-refractivity contribution in [1.29, 1.82) is 0 Å². The normalized spacial score (nSPS) is 11.5. The largest absolute Gasteiger partial charge is 0.368 e. The standard InChI is InChI=1S/C15H16ClN5/c1-8(2)14-10-5-4-9(6-12(10)20-21(14)3)13-11(16)7-18-15(17)19-13/h4-8H,1-3H3,(H2,17,18,19). The van der Waals surface area contributed by atoms with Gasteiger partial charge in [-0.1, -0.05) is 37.6 Å². The minimum atomic E-state index is 0.207. The number of hydrogen-bond acceptors (Lipinski definition) is 4. The van der Waals surface area contributed by atoms with E-state index in [-0.39, 0.29) is 5.95 Å². The molecule has 1 aromatic carbocycles. The average Bonchev–Trinajstić information content (AvgIpc) is 2.76. The van der Waals surface area contributed by atoms with E-state index in [0.717, 1.165) is 16.5 Å². The number of hydrogen-bond donors (Lipinski definition) is 1. The van der Waals surface area contributed by atoms with Crippen LogP contribution >= 0.6 is 11.6 Å². The van der Waals surface area contributed by atoms with Gasteiger partial charge in [0.2, 0.25) is 5.95 Å². The number of rotatable bonds is 2. The van der Waals surface area contributed by atoms with Crippen molar-refractivity contribution in [3.8, 4) is 11.3 Å². The zero-order valence-electron chi connectivity index (χ0n) is 12.1. The number of nitrogen functional groups attached to an aromatic ring is 1. The van der Waals surface area contributed by atoms with Crippen molar-refractivity contribution < 1.29 is 0 Å². The quantitative estimate of drug-likeness (QED) is 0.787. The predicted octanol–water partition coefficient (Wildman–Crippen LogP) is 3.39. The topological polar surface area (TPSA) is 69.6 Å². The van der Waals surface area contributed by atoms with Crippen LogP contribution in [0, 0.1) is 0 Å². The highest BCUT2D eigenvalue weighted by Gasteiger charge is 2.14. The van der Waals surface area contributed by atoms with Crippen LogP contribution in [0.1, 0.15) is 25.5 Å². The van der Waals surface area contributed by atoms with Gasteiger partial charge in [-0.2, -0.15) is 5.10 Å². The minimum absolute atomic E-state index is 0.207. The van der Waals surface area contributed by atoms with Crippen molar-refractivity contribution in [3.63, 3.8) is 0 Å². The molecule has 0 saturated heterocycles. The lowest BCUT2D eigenvalue weighted by Crippen LogP contribution is -1.99. The molecule has 2 aromatic heterocycles. The van der Waals surface area contributed by atoms with Gasteiger partial charge in [-0.3, -0.25) is 4.68 Å². The fourth-order valence-corrected chi connectivity index (χ4v) is 2.84. The van der Waals surface area contributed by atoms with E-state index >= 15 is 0 Å². The summed E-state index contributed by atoms with van der Waals surface area (Å²) in [7, 11) is 1.96. The number of nitrogens with two attached hydrogens (primary N) is 1. The molecule has 0 radical (unpaired) electrons. The molecule has 3 aromatic rings. The SMILES string of the molecule is CC(C)c1c2ccc(-c3nc(N)ncc3Cl)cc2nn1C. The van der Waals surface area contributed by atoms with Gasteiger partial charge in [-0.15, -0.1) is 0 Å². The second-order valence-electron chi connectivity index (χ2n) is 5.32. The zero-order valence-corrected chi connectivity index (χ0v) is 12.9. The van der Waals surface area contributed by atoms with E-state index in [2.05, 4.69) is 35.0 Å². The molecule has 21 heavy (non-hydrogen) atoms. The number of anilines is 1. The Morgan fingerprint density at radius 3 is 2.76 bits per heavy atom. The number of aromatic nitrogens is 4. The molecule has 0 aliphatic heterocycles. The summed E-state index contributed by atoms with van der Waals surface area (Å²) in [4.78, 5) is 8.10. The van der Waals surface area contributed by atoms with E-state index in [4.69, 9.17) is 17.3 Å². The Morgan fingerprint density at radius 2 is 2.05 bits per heavy atom. The Bertz CT molecular complexity index is 822. The van der Waals surface area contributed by atoms with Gasteiger partial charge in [0.25, 0.3) is 0 Å². The van der Waals surface area contributed by atoms with Crippen molar-refractivity contribution >= 4 is 28.5 Å². The Labute approximate surface area is 127 Å². The highest BCUT2D eigenvalue weighted by molar-refractivity contribution is 6.33. The van der Waals surface area contributed by atoms with Crippen LogP contribution in [-0.2, 0) is 7.05 Å². The molecule has 0 aliphatic rings. The molecule has 2 N–H and O–H groups in total. The lowest BCUT2D eigenvalue weighted by Gasteiger charge is -2.06. The smallest absolute Gasteiger partial charge is 0.220 e. The molecule has 0 aliphatic carbocycles. The van der Waals surface area contributed by atoms with E-state index in [9.17, 15) is 0 Å². The highest BCUT2D eigenvalue weighted by Crippen LogP contribution is 2.31. The van der Waals surface area contributed by atoms with E-state index in [1.807, 2.05) is 23.9 Å². The van der Waals surface area contributed by atoms with Gasteiger partial charge in [0.1, 0.15) is 0 Å². The first-order chi connectivity index (χ1) is 9.97. The van der Waals surface area contributed by atoms with Gasteiger partial charge in [-0.05, 0) is 12.0 Å². The summed E-state index contributed by atoms with van der Waals surface area (Å²) in [6.45, 7) is 4.32. The first-order valence-corrected chi connectivity index (χ1v) is 7.10. The summed E-state index contributed by atoms with van der Waals surface area (Å²) < 4.78 is 1.93. The summed E-state index contributed by atoms with van der Waals surface area (Å²) in [6.07, 6.45) is 1.52. The van der Waals surface area contributed by atoms with Crippen LogP contribution in [0.4, 0.5) is 5.95 Å². The molecule has 0 unspecified atom stereocenters. The predicted molar refractivity (Wildman–Crippen MR) is 85.3 cm³/mol. The molecule has 108 valence electrons. The van der Waals surface area contributed by atoms with E-state index in [0.29, 0.717) is 16.6 Å². The fourth-order valence-electron chi connectivity index (χ4n) is 2.64. The Balaban J connectivity index is 2.20. The average molecular weight is 302 g/mol. The van der Waals surface area contributed by atoms with Gasteiger partial charge >= 0.3 is 0 Å². The van der Waals surface area contributed by atoms with E-state index in [1.54, 1.807) is 0 Å². The van der Waals surface area contributed by atoms with Gasteiger partial charge < -0.3 is 5.73 Å². The van der Waals surface area contributed by atoms with Crippen LogP contribution in [-0.4, -0.2) is 19.7 Å². The van der Waals surface area contributed by atoms with Gasteiger partial charge in [-0.25, -0.2) is 9.97 Å². The lowest BCUT2D eigenvalue weighted by molar-refractivity contribution is 0.677. The fraction of sp³-hybridized carbons (Fsp3) is 0.267. The zero-order chi connectivity index (χ0) is 15.1. The monoisotopic (exact) mass is 301 g/mol. The maximum Gasteiger partial charge on any atom is 0.220 e. The van der Waals surface area contributed by atoms with Crippen LogP contribution in [0.3, 0.4) is 0 Å². The third kappa shape index (κ3) is 2.34. The van der Waals surface area contributed by atoms with Crippen LogP contribution in [0.5, 0.6) is 0 Å². The molecule has 0 atom stereocenters. The minimum Gasteiger partial charge on any atom is -0.368 e. The maximum absolute atomic E-state index is 6.16. The molecule has 6 heteroatoms. The van der Waals surface area contributed by atoms with Gasteiger partial charge in [0, 0.05) is 23.7 Å². The Morgan fingerprint density at radius 1 is 1.29 bits per heavy atom. The second kappa shape index (κ2) is 5.00. The third-order valence-corrected chi connectivity index (χ3v) is 3.74. The summed E-state index contributed by atoms with van der Waals surface area (Å²) >= 11 is 6.16. The van der Waals surface area contributed by atoms with Crippen LogP contribution in [0.25, 0.3) is 22.2 Å². The lowest BCUT2D eigenvalue weighted by atomic mass is 10.0. The molecule has 0 saturated carbocycles. The third-order valence-electron chi connectivity index (χ3n) is 3.46. The van der Waals surface area contributed by atoms with Crippen molar-refractivity contribution in [1.82, 2.24) is 19.7 Å². The molecule has 2 heterocycles.